The molecular formula is C9H5Cl2F3O3. The number of benzene rings is 1. The molecule has 3 nitrogen and oxygen atoms in total. The molecule has 0 heterocycles. The summed E-state index contributed by atoms with van der Waals surface area (Å²) < 4.78 is 40.2. The zero-order valence-corrected chi connectivity index (χ0v) is 9.53. The largest absolute Gasteiger partial charge is 0.482 e. The van der Waals surface area contributed by atoms with Crippen LogP contribution in [0.25, 0.3) is 0 Å². The van der Waals surface area contributed by atoms with Crippen LogP contribution < -0.4 is 4.74 Å². The summed E-state index contributed by atoms with van der Waals surface area (Å²) in [5.74, 6) is -2.11. The van der Waals surface area contributed by atoms with Crippen LogP contribution in [-0.4, -0.2) is 23.9 Å². The number of carboxylic acid groups (broad SMARTS) is 1. The minimum atomic E-state index is -4.60. The van der Waals surface area contributed by atoms with Gasteiger partial charge < -0.3 is 9.84 Å². The normalized spacial score (nSPS) is 11.4. The number of hydrogen-bond acceptors (Lipinski definition) is 2. The molecule has 0 aliphatic heterocycles. The van der Waals surface area contributed by atoms with Crippen LogP contribution in [0.15, 0.2) is 12.1 Å². The molecule has 0 spiro atoms. The average molecular weight is 289 g/mol. The summed E-state index contributed by atoms with van der Waals surface area (Å²) >= 11 is 11.1. The van der Waals surface area contributed by atoms with Gasteiger partial charge in [0.1, 0.15) is 5.56 Å². The van der Waals surface area contributed by atoms with Crippen LogP contribution in [0.1, 0.15) is 10.4 Å². The van der Waals surface area contributed by atoms with Crippen molar-refractivity contribution >= 4 is 29.2 Å². The third-order valence-corrected chi connectivity index (χ3v) is 2.27. The van der Waals surface area contributed by atoms with Crippen molar-refractivity contribution in [1.82, 2.24) is 0 Å². The van der Waals surface area contributed by atoms with Gasteiger partial charge in [-0.1, -0.05) is 23.2 Å². The van der Waals surface area contributed by atoms with Crippen LogP contribution in [0.2, 0.25) is 10.0 Å². The SMILES string of the molecule is O=C(O)c1c(Cl)ccc(Cl)c1OCC(F)(F)F. The van der Waals surface area contributed by atoms with Crippen molar-refractivity contribution in [2.45, 2.75) is 6.18 Å². The second-order valence-corrected chi connectivity index (χ2v) is 3.76. The summed E-state index contributed by atoms with van der Waals surface area (Å²) in [6.07, 6.45) is -4.60. The Morgan fingerprint density at radius 2 is 1.82 bits per heavy atom. The van der Waals surface area contributed by atoms with E-state index in [2.05, 4.69) is 4.74 Å². The predicted molar refractivity (Wildman–Crippen MR) is 55.0 cm³/mol. The molecule has 0 aliphatic carbocycles. The third kappa shape index (κ3) is 3.67. The predicted octanol–water partition coefficient (Wildman–Crippen LogP) is 3.63. The van der Waals surface area contributed by atoms with Crippen molar-refractivity contribution in [2.24, 2.45) is 0 Å². The molecule has 0 unspecified atom stereocenters. The van der Waals surface area contributed by atoms with Crippen LogP contribution in [0.5, 0.6) is 5.75 Å². The fraction of sp³-hybridized carbons (Fsp3) is 0.222. The van der Waals surface area contributed by atoms with E-state index >= 15 is 0 Å². The van der Waals surface area contributed by atoms with Gasteiger partial charge in [-0.2, -0.15) is 13.2 Å². The van der Waals surface area contributed by atoms with E-state index in [0.717, 1.165) is 12.1 Å². The van der Waals surface area contributed by atoms with Crippen LogP contribution >= 0.6 is 23.2 Å². The fourth-order valence-corrected chi connectivity index (χ4v) is 1.47. The Morgan fingerprint density at radius 3 is 2.29 bits per heavy atom. The lowest BCUT2D eigenvalue weighted by Crippen LogP contribution is -2.20. The molecule has 1 aromatic rings. The summed E-state index contributed by atoms with van der Waals surface area (Å²) in [5.41, 5.74) is -0.594. The highest BCUT2D eigenvalue weighted by Crippen LogP contribution is 2.35. The van der Waals surface area contributed by atoms with Crippen molar-refractivity contribution in [3.63, 3.8) is 0 Å². The van der Waals surface area contributed by atoms with E-state index in [9.17, 15) is 18.0 Å². The van der Waals surface area contributed by atoms with E-state index in [1.165, 1.54) is 0 Å². The second kappa shape index (κ2) is 5.01. The molecule has 0 saturated carbocycles. The summed E-state index contributed by atoms with van der Waals surface area (Å²) in [7, 11) is 0. The first kappa shape index (κ1) is 13.9. The van der Waals surface area contributed by atoms with Gasteiger partial charge in [0.2, 0.25) is 0 Å². The van der Waals surface area contributed by atoms with Gasteiger partial charge in [-0.05, 0) is 12.1 Å². The lowest BCUT2D eigenvalue weighted by Gasteiger charge is -2.13. The molecule has 1 N–H and O–H groups in total. The minimum Gasteiger partial charge on any atom is -0.482 e. The van der Waals surface area contributed by atoms with Gasteiger partial charge in [-0.25, -0.2) is 4.79 Å². The Kier molecular flexibility index (Phi) is 4.11. The third-order valence-electron chi connectivity index (χ3n) is 1.65. The molecule has 0 radical (unpaired) electrons. The Hall–Kier alpha value is -1.14. The van der Waals surface area contributed by atoms with Gasteiger partial charge in [-0.15, -0.1) is 0 Å². The Bertz CT molecular complexity index is 446. The van der Waals surface area contributed by atoms with E-state index in [1.54, 1.807) is 0 Å². The molecule has 0 fully saturated rings. The van der Waals surface area contributed by atoms with Crippen molar-refractivity contribution in [1.29, 1.82) is 0 Å². The summed E-state index contributed by atoms with van der Waals surface area (Å²) in [5, 5.41) is 8.29. The van der Waals surface area contributed by atoms with E-state index in [4.69, 9.17) is 28.3 Å². The molecule has 0 amide bonds. The minimum absolute atomic E-state index is 0.251. The highest BCUT2D eigenvalue weighted by atomic mass is 35.5. The van der Waals surface area contributed by atoms with Gasteiger partial charge in [-0.3, -0.25) is 0 Å². The first-order chi connectivity index (χ1) is 7.72. The van der Waals surface area contributed by atoms with E-state index < -0.39 is 30.1 Å². The van der Waals surface area contributed by atoms with E-state index in [1.807, 2.05) is 0 Å². The molecular weight excluding hydrogens is 284 g/mol. The summed E-state index contributed by atoms with van der Waals surface area (Å²) in [6, 6.07) is 2.32. The number of rotatable bonds is 3. The molecule has 0 atom stereocenters. The molecule has 94 valence electrons. The highest BCUT2D eigenvalue weighted by Gasteiger charge is 2.30. The smallest absolute Gasteiger partial charge is 0.422 e. The molecule has 1 rings (SSSR count). The maximum Gasteiger partial charge on any atom is 0.422 e. The molecule has 0 bridgehead atoms. The van der Waals surface area contributed by atoms with E-state index in [0.29, 0.717) is 0 Å². The highest BCUT2D eigenvalue weighted by molar-refractivity contribution is 6.36. The quantitative estimate of drug-likeness (QED) is 0.924. The Balaban J connectivity index is 3.13. The molecule has 8 heteroatoms. The standard InChI is InChI=1S/C9H5Cl2F3O3/c10-4-1-2-5(11)7(6(4)8(15)16)17-3-9(12,13)14/h1-2H,3H2,(H,15,16). The lowest BCUT2D eigenvalue weighted by atomic mass is 10.2. The van der Waals surface area contributed by atoms with Crippen molar-refractivity contribution in [3.05, 3.63) is 27.7 Å². The zero-order chi connectivity index (χ0) is 13.2. The van der Waals surface area contributed by atoms with Gasteiger partial charge in [0.25, 0.3) is 0 Å². The fourth-order valence-electron chi connectivity index (χ4n) is 1.03. The molecule has 0 aromatic heterocycles. The molecule has 1 aromatic carbocycles. The monoisotopic (exact) mass is 288 g/mol. The van der Waals surface area contributed by atoms with Gasteiger partial charge in [0.15, 0.2) is 12.4 Å². The number of ether oxygens (including phenoxy) is 1. The van der Waals surface area contributed by atoms with Crippen LogP contribution in [0, 0.1) is 0 Å². The van der Waals surface area contributed by atoms with Gasteiger partial charge in [0, 0.05) is 0 Å². The van der Waals surface area contributed by atoms with Crippen molar-refractivity contribution < 1.29 is 27.8 Å². The second-order valence-electron chi connectivity index (χ2n) is 2.94. The molecule has 0 saturated heterocycles. The Labute approximate surface area is 104 Å². The topological polar surface area (TPSA) is 46.5 Å². The number of alkyl halides is 3. The number of carbonyl (C=O) groups is 1. The summed E-state index contributed by atoms with van der Waals surface area (Å²) in [4.78, 5) is 10.8. The number of hydrogen-bond donors (Lipinski definition) is 1. The Morgan fingerprint density at radius 1 is 1.29 bits per heavy atom. The maximum absolute atomic E-state index is 12.0. The van der Waals surface area contributed by atoms with Gasteiger partial charge in [0.05, 0.1) is 10.0 Å². The van der Waals surface area contributed by atoms with E-state index in [-0.39, 0.29) is 10.0 Å². The zero-order valence-electron chi connectivity index (χ0n) is 8.02. The number of halogens is 5. The van der Waals surface area contributed by atoms with Crippen LogP contribution in [0.4, 0.5) is 13.2 Å². The first-order valence-electron chi connectivity index (χ1n) is 4.13. The number of carboxylic acids is 1. The molecule has 0 aliphatic rings. The number of aromatic carboxylic acids is 1. The van der Waals surface area contributed by atoms with Gasteiger partial charge >= 0.3 is 12.1 Å². The average Bonchev–Trinajstić information content (AvgIpc) is 2.17. The van der Waals surface area contributed by atoms with Crippen molar-refractivity contribution in [3.8, 4) is 5.75 Å². The molecule has 17 heavy (non-hydrogen) atoms. The first-order valence-corrected chi connectivity index (χ1v) is 4.89. The summed E-state index contributed by atoms with van der Waals surface area (Å²) in [6.45, 7) is -1.65. The van der Waals surface area contributed by atoms with Crippen LogP contribution in [-0.2, 0) is 0 Å². The van der Waals surface area contributed by atoms with Crippen molar-refractivity contribution in [2.75, 3.05) is 6.61 Å². The van der Waals surface area contributed by atoms with Crippen LogP contribution in [0.3, 0.4) is 0 Å². The maximum atomic E-state index is 12.0. The lowest BCUT2D eigenvalue weighted by molar-refractivity contribution is -0.153.